The maximum atomic E-state index is 11.9. The van der Waals surface area contributed by atoms with Crippen LogP contribution in [0.25, 0.3) is 0 Å². The van der Waals surface area contributed by atoms with Gasteiger partial charge in [-0.1, -0.05) is 11.6 Å². The molecule has 1 heterocycles. The van der Waals surface area contributed by atoms with Crippen LogP contribution in [0.1, 0.15) is 16.2 Å². The van der Waals surface area contributed by atoms with Gasteiger partial charge in [-0.3, -0.25) is 4.79 Å². The first kappa shape index (κ1) is 9.91. The molecule has 0 spiro atoms. The van der Waals surface area contributed by atoms with E-state index in [4.69, 9.17) is 11.6 Å². The van der Waals surface area contributed by atoms with Crippen molar-refractivity contribution in [2.24, 2.45) is 0 Å². The molecule has 1 rings (SSSR count). The van der Waals surface area contributed by atoms with E-state index in [0.29, 0.717) is 0 Å². The van der Waals surface area contributed by atoms with Crippen molar-refractivity contribution in [2.45, 2.75) is 6.18 Å². The zero-order valence-electron chi connectivity index (χ0n) is 5.97. The van der Waals surface area contributed by atoms with Gasteiger partial charge in [-0.25, -0.2) is 9.97 Å². The SMILES string of the molecule is O=Cc1cnc(C(F)(F)F)nc1Cl. The third kappa shape index (κ3) is 2.15. The summed E-state index contributed by atoms with van der Waals surface area (Å²) in [4.78, 5) is 16.0. The highest BCUT2D eigenvalue weighted by molar-refractivity contribution is 6.31. The van der Waals surface area contributed by atoms with E-state index < -0.39 is 17.2 Å². The van der Waals surface area contributed by atoms with Crippen LogP contribution in [0.15, 0.2) is 6.20 Å². The summed E-state index contributed by atoms with van der Waals surface area (Å²) in [6.45, 7) is 0. The van der Waals surface area contributed by atoms with Crippen LogP contribution in [0.2, 0.25) is 5.15 Å². The number of aromatic nitrogens is 2. The van der Waals surface area contributed by atoms with Crippen LogP contribution in [0.4, 0.5) is 13.2 Å². The van der Waals surface area contributed by atoms with Crippen LogP contribution in [-0.4, -0.2) is 16.3 Å². The molecule has 0 bridgehead atoms. The summed E-state index contributed by atoms with van der Waals surface area (Å²) in [5, 5.41) is -0.502. The highest BCUT2D eigenvalue weighted by atomic mass is 35.5. The normalized spacial score (nSPS) is 11.4. The molecular weight excluding hydrogens is 209 g/mol. The van der Waals surface area contributed by atoms with E-state index in [1.165, 1.54) is 0 Å². The van der Waals surface area contributed by atoms with Gasteiger partial charge in [-0.05, 0) is 0 Å². The van der Waals surface area contributed by atoms with Crippen molar-refractivity contribution in [3.05, 3.63) is 22.7 Å². The highest BCUT2D eigenvalue weighted by Gasteiger charge is 2.35. The van der Waals surface area contributed by atoms with Crippen molar-refractivity contribution in [1.29, 1.82) is 0 Å². The summed E-state index contributed by atoms with van der Waals surface area (Å²) in [5.74, 6) is -1.36. The lowest BCUT2D eigenvalue weighted by Crippen LogP contribution is -2.11. The molecule has 0 aliphatic carbocycles. The maximum absolute atomic E-state index is 11.9. The van der Waals surface area contributed by atoms with Crippen molar-refractivity contribution in [1.82, 2.24) is 9.97 Å². The van der Waals surface area contributed by atoms with E-state index in [-0.39, 0.29) is 11.8 Å². The molecule has 70 valence electrons. The van der Waals surface area contributed by atoms with E-state index in [2.05, 4.69) is 9.97 Å². The average molecular weight is 211 g/mol. The average Bonchev–Trinajstić information content (AvgIpc) is 2.02. The second kappa shape index (κ2) is 3.29. The summed E-state index contributed by atoms with van der Waals surface area (Å²) < 4.78 is 35.8. The van der Waals surface area contributed by atoms with Gasteiger partial charge in [-0.2, -0.15) is 13.2 Å². The summed E-state index contributed by atoms with van der Waals surface area (Å²) in [6, 6.07) is 0. The number of carbonyl (C=O) groups is 1. The molecule has 7 heteroatoms. The van der Waals surface area contributed by atoms with Crippen molar-refractivity contribution >= 4 is 17.9 Å². The third-order valence-corrected chi connectivity index (χ3v) is 1.45. The Morgan fingerprint density at radius 3 is 2.46 bits per heavy atom. The molecule has 0 aliphatic rings. The molecule has 0 saturated heterocycles. The minimum absolute atomic E-state index is 0.172. The summed E-state index contributed by atoms with van der Waals surface area (Å²) in [6.07, 6.45) is -3.64. The number of halogens is 4. The maximum Gasteiger partial charge on any atom is 0.451 e. The van der Waals surface area contributed by atoms with Crippen LogP contribution < -0.4 is 0 Å². The van der Waals surface area contributed by atoms with Gasteiger partial charge in [0.25, 0.3) is 0 Å². The number of alkyl halides is 3. The fraction of sp³-hybridized carbons (Fsp3) is 0.167. The predicted molar refractivity (Wildman–Crippen MR) is 37.4 cm³/mol. The zero-order chi connectivity index (χ0) is 10.1. The number of nitrogens with zero attached hydrogens (tertiary/aromatic N) is 2. The Morgan fingerprint density at radius 2 is 2.08 bits per heavy atom. The third-order valence-electron chi connectivity index (χ3n) is 1.15. The Kier molecular flexibility index (Phi) is 2.51. The molecular formula is C6H2ClF3N2O. The molecule has 0 amide bonds. The molecule has 1 aromatic rings. The van der Waals surface area contributed by atoms with E-state index in [1.807, 2.05) is 0 Å². The van der Waals surface area contributed by atoms with Gasteiger partial charge in [0.15, 0.2) is 6.29 Å². The molecule has 0 saturated carbocycles. The first-order valence-electron chi connectivity index (χ1n) is 3.00. The van der Waals surface area contributed by atoms with Gasteiger partial charge < -0.3 is 0 Å². The van der Waals surface area contributed by atoms with Crippen LogP contribution in [0.5, 0.6) is 0 Å². The summed E-state index contributed by atoms with van der Waals surface area (Å²) in [7, 11) is 0. The minimum atomic E-state index is -4.65. The number of rotatable bonds is 1. The van der Waals surface area contributed by atoms with E-state index in [1.54, 1.807) is 0 Å². The van der Waals surface area contributed by atoms with Gasteiger partial charge in [0.1, 0.15) is 5.15 Å². The lowest BCUT2D eigenvalue weighted by molar-refractivity contribution is -0.145. The quantitative estimate of drug-likeness (QED) is 0.526. The van der Waals surface area contributed by atoms with Gasteiger partial charge >= 0.3 is 6.18 Å². The van der Waals surface area contributed by atoms with Crippen LogP contribution in [0.3, 0.4) is 0 Å². The van der Waals surface area contributed by atoms with Crippen LogP contribution >= 0.6 is 11.6 Å². The van der Waals surface area contributed by atoms with Crippen LogP contribution in [-0.2, 0) is 6.18 Å². The number of aldehydes is 1. The Bertz CT molecular complexity index is 339. The lowest BCUT2D eigenvalue weighted by atomic mass is 10.4. The molecule has 0 fully saturated rings. The largest absolute Gasteiger partial charge is 0.451 e. The molecule has 13 heavy (non-hydrogen) atoms. The van der Waals surface area contributed by atoms with Crippen molar-refractivity contribution in [3.8, 4) is 0 Å². The second-order valence-electron chi connectivity index (χ2n) is 2.06. The van der Waals surface area contributed by atoms with Gasteiger partial charge in [0.05, 0.1) is 5.56 Å². The van der Waals surface area contributed by atoms with Gasteiger partial charge in [0.2, 0.25) is 5.82 Å². The van der Waals surface area contributed by atoms with E-state index >= 15 is 0 Å². The molecule has 1 aromatic heterocycles. The fourth-order valence-corrected chi connectivity index (χ4v) is 0.759. The smallest absolute Gasteiger partial charge is 0.298 e. The molecule has 0 radical (unpaired) electrons. The minimum Gasteiger partial charge on any atom is -0.298 e. The molecule has 0 N–H and O–H groups in total. The summed E-state index contributed by atoms with van der Waals surface area (Å²) in [5.41, 5.74) is -0.172. The standard InChI is InChI=1S/C6H2ClF3N2O/c7-4-3(2-13)1-11-5(12-4)6(8,9)10/h1-2H. The van der Waals surface area contributed by atoms with Gasteiger partial charge in [-0.15, -0.1) is 0 Å². The first-order chi connectivity index (χ1) is 5.95. The van der Waals surface area contributed by atoms with Crippen molar-refractivity contribution in [2.75, 3.05) is 0 Å². The Morgan fingerprint density at radius 1 is 1.46 bits per heavy atom. The first-order valence-corrected chi connectivity index (χ1v) is 3.38. The molecule has 0 unspecified atom stereocenters. The molecule has 0 aliphatic heterocycles. The molecule has 3 nitrogen and oxygen atoms in total. The monoisotopic (exact) mass is 210 g/mol. The van der Waals surface area contributed by atoms with E-state index in [0.717, 1.165) is 6.20 Å². The topological polar surface area (TPSA) is 42.9 Å². The Balaban J connectivity index is 3.17. The zero-order valence-corrected chi connectivity index (χ0v) is 6.73. The highest BCUT2D eigenvalue weighted by Crippen LogP contribution is 2.26. The second-order valence-corrected chi connectivity index (χ2v) is 2.41. The van der Waals surface area contributed by atoms with Crippen LogP contribution in [0, 0.1) is 0 Å². The molecule has 0 atom stereocenters. The number of hydrogen-bond acceptors (Lipinski definition) is 3. The Hall–Kier alpha value is -1.17. The summed E-state index contributed by atoms with van der Waals surface area (Å²) >= 11 is 5.25. The van der Waals surface area contributed by atoms with Crippen molar-refractivity contribution in [3.63, 3.8) is 0 Å². The lowest BCUT2D eigenvalue weighted by Gasteiger charge is -2.04. The number of carbonyl (C=O) groups excluding carboxylic acids is 1. The van der Waals surface area contributed by atoms with Gasteiger partial charge in [0, 0.05) is 6.20 Å². The van der Waals surface area contributed by atoms with E-state index in [9.17, 15) is 18.0 Å². The number of hydrogen-bond donors (Lipinski definition) is 0. The predicted octanol–water partition coefficient (Wildman–Crippen LogP) is 1.96. The Labute approximate surface area is 75.6 Å². The fourth-order valence-electron chi connectivity index (χ4n) is 0.586. The van der Waals surface area contributed by atoms with Crippen molar-refractivity contribution < 1.29 is 18.0 Å². The molecule has 0 aromatic carbocycles.